The molecule has 3 heteroatoms. The van der Waals surface area contributed by atoms with Crippen molar-refractivity contribution in [2.45, 2.75) is 38.1 Å². The van der Waals surface area contributed by atoms with Gasteiger partial charge in [0.2, 0.25) is 0 Å². The van der Waals surface area contributed by atoms with Gasteiger partial charge in [0.1, 0.15) is 5.82 Å². The van der Waals surface area contributed by atoms with E-state index in [0.717, 1.165) is 16.7 Å². The normalized spacial score (nSPS) is 12.6. The van der Waals surface area contributed by atoms with Crippen LogP contribution in [0.25, 0.3) is 10.9 Å². The molecule has 0 saturated heterocycles. The highest BCUT2D eigenvalue weighted by Gasteiger charge is 2.15. The van der Waals surface area contributed by atoms with E-state index in [1.807, 2.05) is 6.07 Å². The van der Waals surface area contributed by atoms with Crippen LogP contribution in [-0.4, -0.2) is 18.1 Å². The van der Waals surface area contributed by atoms with E-state index < -0.39 is 0 Å². The Labute approximate surface area is 124 Å². The third kappa shape index (κ3) is 3.08. The van der Waals surface area contributed by atoms with E-state index in [4.69, 9.17) is 4.98 Å². The number of anilines is 1. The Balaban J connectivity index is 2.45. The number of benzene rings is 1. The van der Waals surface area contributed by atoms with Crippen molar-refractivity contribution in [2.24, 2.45) is 0 Å². The number of hydrogen-bond donors (Lipinski definition) is 0. The van der Waals surface area contributed by atoms with Crippen molar-refractivity contribution in [1.29, 1.82) is 0 Å². The van der Waals surface area contributed by atoms with Crippen LogP contribution in [0.5, 0.6) is 0 Å². The van der Waals surface area contributed by atoms with E-state index in [1.165, 1.54) is 23.8 Å². The topological polar surface area (TPSA) is 16.1 Å². The Hall–Kier alpha value is -1.09. The van der Waals surface area contributed by atoms with Gasteiger partial charge < -0.3 is 4.90 Å². The molecule has 0 aliphatic heterocycles. The maximum atomic E-state index is 4.85. The maximum Gasteiger partial charge on any atom is 0.133 e. The number of pyridine rings is 1. The van der Waals surface area contributed by atoms with Crippen LogP contribution in [0.2, 0.25) is 0 Å². The summed E-state index contributed by atoms with van der Waals surface area (Å²) in [4.78, 5) is 7.14. The lowest BCUT2D eigenvalue weighted by atomic mass is 10.1. The van der Waals surface area contributed by atoms with Gasteiger partial charge in [0.15, 0.2) is 0 Å². The Bertz CT molecular complexity index is 553. The molecule has 1 aromatic carbocycles. The molecule has 0 aliphatic carbocycles. The van der Waals surface area contributed by atoms with Crippen LogP contribution in [0.3, 0.4) is 0 Å². The first-order valence-corrected chi connectivity index (χ1v) is 7.97. The molecule has 1 atom stereocenters. The van der Waals surface area contributed by atoms with E-state index in [0.29, 0.717) is 6.04 Å². The van der Waals surface area contributed by atoms with Crippen LogP contribution >= 0.6 is 15.9 Å². The van der Waals surface area contributed by atoms with Gasteiger partial charge in [-0.05, 0) is 25.5 Å². The summed E-state index contributed by atoms with van der Waals surface area (Å²) in [7, 11) is 2.14. The molecular weight excluding hydrogens is 300 g/mol. The number of alkyl halides is 1. The molecule has 0 radical (unpaired) electrons. The molecule has 0 bridgehead atoms. The second-order valence-electron chi connectivity index (χ2n) is 5.05. The molecule has 0 N–H and O–H groups in total. The molecule has 2 aromatic rings. The fraction of sp³-hybridized carbons (Fsp3) is 0.438. The summed E-state index contributed by atoms with van der Waals surface area (Å²) in [6.07, 6.45) is 2.38. The fourth-order valence-corrected chi connectivity index (χ4v) is 2.79. The number of halogens is 1. The number of nitrogens with zero attached hydrogens (tertiary/aromatic N) is 2. The molecule has 0 fully saturated rings. The highest BCUT2D eigenvalue weighted by Crippen LogP contribution is 2.26. The first kappa shape index (κ1) is 14.3. The summed E-state index contributed by atoms with van der Waals surface area (Å²) in [5.41, 5.74) is 2.32. The molecule has 0 aliphatic rings. The molecule has 1 heterocycles. The first-order chi connectivity index (χ1) is 9.17. The summed E-state index contributed by atoms with van der Waals surface area (Å²) >= 11 is 3.58. The smallest absolute Gasteiger partial charge is 0.133 e. The minimum Gasteiger partial charge on any atom is -0.357 e. The van der Waals surface area contributed by atoms with Gasteiger partial charge in [-0.2, -0.15) is 0 Å². The van der Waals surface area contributed by atoms with E-state index in [-0.39, 0.29) is 0 Å². The number of rotatable bonds is 5. The van der Waals surface area contributed by atoms with Crippen LogP contribution in [0.4, 0.5) is 5.82 Å². The van der Waals surface area contributed by atoms with Gasteiger partial charge in [-0.1, -0.05) is 47.5 Å². The fourth-order valence-electron chi connectivity index (χ4n) is 2.37. The Kier molecular flexibility index (Phi) is 4.81. The van der Waals surface area contributed by atoms with Crippen molar-refractivity contribution in [3.63, 3.8) is 0 Å². The zero-order valence-electron chi connectivity index (χ0n) is 11.9. The average molecular weight is 321 g/mol. The molecule has 1 aromatic heterocycles. The third-order valence-electron chi connectivity index (χ3n) is 3.63. The van der Waals surface area contributed by atoms with Crippen molar-refractivity contribution in [1.82, 2.24) is 4.98 Å². The van der Waals surface area contributed by atoms with Crippen LogP contribution in [0.1, 0.15) is 32.3 Å². The minimum absolute atomic E-state index is 0.511. The lowest BCUT2D eigenvalue weighted by Crippen LogP contribution is -2.30. The van der Waals surface area contributed by atoms with Crippen molar-refractivity contribution >= 4 is 32.7 Å². The van der Waals surface area contributed by atoms with Crippen LogP contribution in [-0.2, 0) is 5.33 Å². The lowest BCUT2D eigenvalue weighted by molar-refractivity contribution is 0.611. The highest BCUT2D eigenvalue weighted by atomic mass is 79.9. The molecular formula is C16H21BrN2. The molecule has 2 nitrogen and oxygen atoms in total. The molecule has 0 saturated carbocycles. The zero-order valence-corrected chi connectivity index (χ0v) is 13.4. The summed E-state index contributed by atoms with van der Waals surface area (Å²) in [5, 5.41) is 2.04. The highest BCUT2D eigenvalue weighted by molar-refractivity contribution is 9.08. The molecule has 19 heavy (non-hydrogen) atoms. The largest absolute Gasteiger partial charge is 0.357 e. The van der Waals surface area contributed by atoms with Gasteiger partial charge in [0, 0.05) is 29.4 Å². The Morgan fingerprint density at radius 3 is 2.74 bits per heavy atom. The number of aromatic nitrogens is 1. The van der Waals surface area contributed by atoms with Crippen LogP contribution in [0, 0.1) is 0 Å². The van der Waals surface area contributed by atoms with Gasteiger partial charge in [-0.15, -0.1) is 0 Å². The Morgan fingerprint density at radius 1 is 1.32 bits per heavy atom. The van der Waals surface area contributed by atoms with Gasteiger partial charge >= 0.3 is 0 Å². The number of hydrogen-bond acceptors (Lipinski definition) is 2. The molecule has 0 amide bonds. The van der Waals surface area contributed by atoms with Gasteiger partial charge in [-0.25, -0.2) is 4.98 Å². The van der Waals surface area contributed by atoms with E-state index in [1.54, 1.807) is 0 Å². The maximum absolute atomic E-state index is 4.85. The summed E-state index contributed by atoms with van der Waals surface area (Å²) in [5.74, 6) is 1.09. The number of fused-ring (bicyclic) bond motifs is 1. The van der Waals surface area contributed by atoms with Crippen LogP contribution < -0.4 is 4.90 Å². The monoisotopic (exact) mass is 320 g/mol. The SMILES string of the molecule is CCCC(C)N(C)c1nc2ccccc2cc1CBr. The van der Waals surface area contributed by atoms with E-state index in [9.17, 15) is 0 Å². The Morgan fingerprint density at radius 2 is 2.05 bits per heavy atom. The second-order valence-corrected chi connectivity index (χ2v) is 5.61. The van der Waals surface area contributed by atoms with E-state index in [2.05, 4.69) is 66.0 Å². The van der Waals surface area contributed by atoms with E-state index >= 15 is 0 Å². The summed E-state index contributed by atoms with van der Waals surface area (Å²) < 4.78 is 0. The van der Waals surface area contributed by atoms with Crippen molar-refractivity contribution in [2.75, 3.05) is 11.9 Å². The molecule has 0 spiro atoms. The quantitative estimate of drug-likeness (QED) is 0.739. The third-order valence-corrected chi connectivity index (χ3v) is 4.23. The second kappa shape index (κ2) is 6.38. The average Bonchev–Trinajstić information content (AvgIpc) is 2.45. The van der Waals surface area contributed by atoms with Gasteiger partial charge in [-0.3, -0.25) is 0 Å². The first-order valence-electron chi connectivity index (χ1n) is 6.84. The van der Waals surface area contributed by atoms with Crippen molar-refractivity contribution in [3.05, 3.63) is 35.9 Å². The predicted octanol–water partition coefficient (Wildman–Crippen LogP) is 4.75. The molecule has 102 valence electrons. The predicted molar refractivity (Wildman–Crippen MR) is 87.1 cm³/mol. The lowest BCUT2D eigenvalue weighted by Gasteiger charge is -2.27. The summed E-state index contributed by atoms with van der Waals surface area (Å²) in [6.45, 7) is 4.49. The van der Waals surface area contributed by atoms with Gasteiger partial charge in [0.25, 0.3) is 0 Å². The minimum atomic E-state index is 0.511. The van der Waals surface area contributed by atoms with Crippen molar-refractivity contribution in [3.8, 4) is 0 Å². The summed E-state index contributed by atoms with van der Waals surface area (Å²) in [6, 6.07) is 11.1. The van der Waals surface area contributed by atoms with Crippen LogP contribution in [0.15, 0.2) is 30.3 Å². The van der Waals surface area contributed by atoms with Gasteiger partial charge in [0.05, 0.1) is 5.52 Å². The molecule has 1 unspecified atom stereocenters. The zero-order chi connectivity index (χ0) is 13.8. The molecule has 2 rings (SSSR count). The number of para-hydroxylation sites is 1. The standard InChI is InChI=1S/C16H21BrN2/c1-4-7-12(2)19(3)16-14(11-17)10-13-8-5-6-9-15(13)18-16/h5-6,8-10,12H,4,7,11H2,1-3H3. The van der Waals surface area contributed by atoms with Crippen molar-refractivity contribution < 1.29 is 0 Å².